The Hall–Kier alpha value is -2.70. The monoisotopic (exact) mass is 346 g/mol. The van der Waals surface area contributed by atoms with Gasteiger partial charge in [-0.2, -0.15) is 0 Å². The Morgan fingerprint density at radius 2 is 2.00 bits per heavy atom. The number of ether oxygens (including phenoxy) is 3. The van der Waals surface area contributed by atoms with E-state index in [2.05, 4.69) is 5.16 Å². The number of likely N-dealkylation sites (N-methyl/N-ethyl adjacent to an activating group) is 1. The van der Waals surface area contributed by atoms with Gasteiger partial charge in [-0.1, -0.05) is 19.0 Å². The first-order valence-corrected chi connectivity index (χ1v) is 8.21. The van der Waals surface area contributed by atoms with Crippen molar-refractivity contribution in [1.29, 1.82) is 0 Å². The molecule has 1 aliphatic heterocycles. The van der Waals surface area contributed by atoms with E-state index in [-0.39, 0.29) is 18.6 Å². The number of benzene rings is 1. The van der Waals surface area contributed by atoms with Gasteiger partial charge in [-0.05, 0) is 19.1 Å². The molecule has 3 rings (SSSR count). The first-order chi connectivity index (χ1) is 11.9. The van der Waals surface area contributed by atoms with Gasteiger partial charge in [-0.25, -0.2) is 0 Å². The Morgan fingerprint density at radius 1 is 1.24 bits per heavy atom. The van der Waals surface area contributed by atoms with Crippen LogP contribution in [0.1, 0.15) is 38.1 Å². The van der Waals surface area contributed by atoms with Gasteiger partial charge in [0.15, 0.2) is 17.6 Å². The highest BCUT2D eigenvalue weighted by Crippen LogP contribution is 2.35. The molecule has 0 N–H and O–H groups in total. The minimum Gasteiger partial charge on any atom is -0.481 e. The van der Waals surface area contributed by atoms with Crippen molar-refractivity contribution in [3.63, 3.8) is 0 Å². The Bertz CT molecular complexity index is 756. The quantitative estimate of drug-likeness (QED) is 0.801. The molecule has 7 heteroatoms. The molecule has 7 nitrogen and oxygen atoms in total. The van der Waals surface area contributed by atoms with Gasteiger partial charge >= 0.3 is 0 Å². The van der Waals surface area contributed by atoms with Gasteiger partial charge in [0.1, 0.15) is 17.2 Å². The molecule has 0 aliphatic carbocycles. The Morgan fingerprint density at radius 3 is 2.72 bits per heavy atom. The Balaban J connectivity index is 1.59. The zero-order valence-corrected chi connectivity index (χ0v) is 14.8. The van der Waals surface area contributed by atoms with E-state index in [0.717, 1.165) is 11.5 Å². The first kappa shape index (κ1) is 17.1. The summed E-state index contributed by atoms with van der Waals surface area (Å²) in [4.78, 5) is 14.1. The van der Waals surface area contributed by atoms with Crippen LogP contribution in [0.4, 0.5) is 0 Å². The molecule has 134 valence electrons. The van der Waals surface area contributed by atoms with Crippen LogP contribution < -0.4 is 14.2 Å². The second-order valence-corrected chi connectivity index (χ2v) is 6.34. The molecule has 25 heavy (non-hydrogen) atoms. The fourth-order valence-electron chi connectivity index (χ4n) is 2.51. The van der Waals surface area contributed by atoms with E-state index >= 15 is 0 Å². The van der Waals surface area contributed by atoms with Gasteiger partial charge in [-0.3, -0.25) is 4.79 Å². The van der Waals surface area contributed by atoms with Crippen molar-refractivity contribution >= 4 is 5.91 Å². The second-order valence-electron chi connectivity index (χ2n) is 6.34. The van der Waals surface area contributed by atoms with Crippen molar-refractivity contribution in [2.75, 3.05) is 13.8 Å². The van der Waals surface area contributed by atoms with E-state index in [1.165, 1.54) is 0 Å². The lowest BCUT2D eigenvalue weighted by molar-refractivity contribution is -0.137. The Labute approximate surface area is 146 Å². The third kappa shape index (κ3) is 3.87. The number of aromatic nitrogens is 1. The predicted octanol–water partition coefficient (Wildman–Crippen LogP) is 2.95. The summed E-state index contributed by atoms with van der Waals surface area (Å²) in [6, 6.07) is 7.11. The zero-order chi connectivity index (χ0) is 18.0. The third-order valence-electron chi connectivity index (χ3n) is 3.93. The highest BCUT2D eigenvalue weighted by Gasteiger charge is 2.22. The molecule has 2 aromatic rings. The van der Waals surface area contributed by atoms with E-state index < -0.39 is 6.10 Å². The average molecular weight is 346 g/mol. The van der Waals surface area contributed by atoms with Crippen molar-refractivity contribution in [1.82, 2.24) is 10.1 Å². The second kappa shape index (κ2) is 7.04. The summed E-state index contributed by atoms with van der Waals surface area (Å²) in [5, 5.41) is 4.00. The number of nitrogens with zero attached hydrogens (tertiary/aromatic N) is 2. The van der Waals surface area contributed by atoms with E-state index in [0.29, 0.717) is 23.8 Å². The van der Waals surface area contributed by atoms with Crippen molar-refractivity contribution < 1.29 is 23.5 Å². The number of hydrogen-bond acceptors (Lipinski definition) is 6. The molecule has 1 aromatic heterocycles. The number of amides is 1. The average Bonchev–Trinajstić information content (AvgIpc) is 3.22. The topological polar surface area (TPSA) is 74.0 Å². The van der Waals surface area contributed by atoms with Crippen LogP contribution in [0.25, 0.3) is 0 Å². The highest BCUT2D eigenvalue weighted by atomic mass is 16.7. The van der Waals surface area contributed by atoms with Crippen LogP contribution >= 0.6 is 0 Å². The summed E-state index contributed by atoms with van der Waals surface area (Å²) in [6.07, 6.45) is -0.637. The number of hydrogen-bond donors (Lipinski definition) is 0. The highest BCUT2D eigenvalue weighted by molar-refractivity contribution is 5.80. The molecule has 0 radical (unpaired) electrons. The summed E-state index contributed by atoms with van der Waals surface area (Å²) >= 11 is 0. The van der Waals surface area contributed by atoms with Gasteiger partial charge < -0.3 is 23.6 Å². The van der Waals surface area contributed by atoms with Gasteiger partial charge in [0.05, 0.1) is 6.54 Å². The lowest BCUT2D eigenvalue weighted by atomic mass is 10.1. The standard InChI is InChI=1S/C18H22N2O5/c1-11(2)16-7-13(19-25-16)9-20(4)18(21)12(3)24-14-5-6-15-17(8-14)23-10-22-15/h5-8,11-12H,9-10H2,1-4H3/t12-/m1/s1. The summed E-state index contributed by atoms with van der Waals surface area (Å²) in [5.74, 6) is 2.77. The van der Waals surface area contributed by atoms with Crippen LogP contribution in [0.15, 0.2) is 28.8 Å². The molecule has 1 aromatic carbocycles. The maximum absolute atomic E-state index is 12.5. The minimum atomic E-state index is -0.637. The van der Waals surface area contributed by atoms with Crippen molar-refractivity contribution in [2.24, 2.45) is 0 Å². The van der Waals surface area contributed by atoms with Crippen molar-refractivity contribution in [2.45, 2.75) is 39.3 Å². The molecule has 0 bridgehead atoms. The minimum absolute atomic E-state index is 0.147. The fourth-order valence-corrected chi connectivity index (χ4v) is 2.51. The molecular weight excluding hydrogens is 324 g/mol. The van der Waals surface area contributed by atoms with Gasteiger partial charge in [-0.15, -0.1) is 0 Å². The van der Waals surface area contributed by atoms with Crippen LogP contribution in [0.2, 0.25) is 0 Å². The van der Waals surface area contributed by atoms with Gasteiger partial charge in [0.2, 0.25) is 6.79 Å². The van der Waals surface area contributed by atoms with Crippen LogP contribution in [0.3, 0.4) is 0 Å². The summed E-state index contributed by atoms with van der Waals surface area (Å²) < 4.78 is 21.6. The van der Waals surface area contributed by atoms with Crippen LogP contribution in [0.5, 0.6) is 17.2 Å². The van der Waals surface area contributed by atoms with Crippen LogP contribution in [-0.4, -0.2) is 35.9 Å². The predicted molar refractivity (Wildman–Crippen MR) is 89.7 cm³/mol. The maximum Gasteiger partial charge on any atom is 0.263 e. The van der Waals surface area contributed by atoms with E-state index in [4.69, 9.17) is 18.7 Å². The van der Waals surface area contributed by atoms with E-state index in [1.54, 1.807) is 37.1 Å². The van der Waals surface area contributed by atoms with Crippen LogP contribution in [0, 0.1) is 0 Å². The van der Waals surface area contributed by atoms with Crippen molar-refractivity contribution in [3.8, 4) is 17.2 Å². The Kier molecular flexibility index (Phi) is 4.83. The molecule has 0 spiro atoms. The number of carbonyl (C=O) groups is 1. The first-order valence-electron chi connectivity index (χ1n) is 8.21. The number of rotatable bonds is 6. The fraction of sp³-hybridized carbons (Fsp3) is 0.444. The van der Waals surface area contributed by atoms with Gasteiger partial charge in [0, 0.05) is 25.1 Å². The molecule has 1 atom stereocenters. The molecular formula is C18H22N2O5. The molecule has 0 unspecified atom stereocenters. The lowest BCUT2D eigenvalue weighted by Crippen LogP contribution is -2.37. The SMILES string of the molecule is CC(C)c1cc(CN(C)C(=O)[C@@H](C)Oc2ccc3c(c2)OCO3)no1. The molecule has 0 saturated carbocycles. The van der Waals surface area contributed by atoms with Gasteiger partial charge in [0.25, 0.3) is 5.91 Å². The number of carbonyl (C=O) groups excluding carboxylic acids is 1. The van der Waals surface area contributed by atoms with Crippen LogP contribution in [-0.2, 0) is 11.3 Å². The molecule has 0 fully saturated rings. The summed E-state index contributed by atoms with van der Waals surface area (Å²) in [6.45, 7) is 6.34. The lowest BCUT2D eigenvalue weighted by Gasteiger charge is -2.21. The number of fused-ring (bicyclic) bond motifs is 1. The third-order valence-corrected chi connectivity index (χ3v) is 3.93. The summed E-state index contributed by atoms with van der Waals surface area (Å²) in [5.41, 5.74) is 0.717. The molecule has 1 amide bonds. The smallest absolute Gasteiger partial charge is 0.263 e. The largest absolute Gasteiger partial charge is 0.481 e. The zero-order valence-electron chi connectivity index (χ0n) is 14.8. The molecule has 1 aliphatic rings. The van der Waals surface area contributed by atoms with Crippen molar-refractivity contribution in [3.05, 3.63) is 35.7 Å². The molecule has 0 saturated heterocycles. The van der Waals surface area contributed by atoms with E-state index in [9.17, 15) is 4.79 Å². The normalized spacial score (nSPS) is 13.8. The maximum atomic E-state index is 12.5. The molecule has 2 heterocycles. The van der Waals surface area contributed by atoms with E-state index in [1.807, 2.05) is 19.9 Å². The summed E-state index contributed by atoms with van der Waals surface area (Å²) in [7, 11) is 1.71.